The summed E-state index contributed by atoms with van der Waals surface area (Å²) in [6.07, 6.45) is 2.75. The molecule has 0 radical (unpaired) electrons. The van der Waals surface area contributed by atoms with E-state index >= 15 is 0 Å². The van der Waals surface area contributed by atoms with Gasteiger partial charge in [0.1, 0.15) is 10.7 Å². The van der Waals surface area contributed by atoms with Gasteiger partial charge in [0.2, 0.25) is 15.8 Å². The Labute approximate surface area is 117 Å². The Balaban J connectivity index is 2.35. The molecule has 0 atom stereocenters. The minimum absolute atomic E-state index is 0.157. The van der Waals surface area contributed by atoms with Crippen LogP contribution in [-0.4, -0.2) is 23.5 Å². The predicted octanol–water partition coefficient (Wildman–Crippen LogP) is 1.07. The van der Waals surface area contributed by atoms with E-state index in [-0.39, 0.29) is 12.6 Å². The number of aromatic amines is 1. The number of nitrogens with zero attached hydrogens (tertiary/aromatic N) is 2. The average molecular weight is 318 g/mol. The number of halogens is 2. The van der Waals surface area contributed by atoms with Crippen LogP contribution in [0.1, 0.15) is 5.56 Å². The van der Waals surface area contributed by atoms with Crippen molar-refractivity contribution < 1.29 is 22.1 Å². The maximum atomic E-state index is 13.6. The standard InChI is InChI=1S/C10H8F2N4O4S/c11-7-1-8(12)10(2-9(7)16(17)18)21(19,20)15-5-6-3-13-14-4-6/h1-4,15H,5H2,(H,13,14). The summed E-state index contributed by atoms with van der Waals surface area (Å²) in [6.45, 7) is -0.205. The van der Waals surface area contributed by atoms with Gasteiger partial charge in [-0.05, 0) is 0 Å². The predicted molar refractivity (Wildman–Crippen MR) is 65.6 cm³/mol. The SMILES string of the molecule is O=[N+]([O-])c1cc(S(=O)(=O)NCc2cn[nH]c2)c(F)cc1F. The molecule has 0 aliphatic heterocycles. The van der Waals surface area contributed by atoms with Crippen LogP contribution in [0.4, 0.5) is 14.5 Å². The fraction of sp³-hybridized carbons (Fsp3) is 0.100. The molecule has 0 unspecified atom stereocenters. The van der Waals surface area contributed by atoms with Crippen LogP contribution in [-0.2, 0) is 16.6 Å². The molecule has 0 saturated heterocycles. The zero-order valence-corrected chi connectivity index (χ0v) is 11.0. The normalized spacial score (nSPS) is 11.5. The zero-order valence-electron chi connectivity index (χ0n) is 10.2. The molecular formula is C10H8F2N4O4S. The van der Waals surface area contributed by atoms with Gasteiger partial charge in [-0.1, -0.05) is 0 Å². The third-order valence-electron chi connectivity index (χ3n) is 2.51. The summed E-state index contributed by atoms with van der Waals surface area (Å²) in [5.74, 6) is -2.87. The molecule has 21 heavy (non-hydrogen) atoms. The lowest BCUT2D eigenvalue weighted by atomic mass is 10.3. The van der Waals surface area contributed by atoms with E-state index in [2.05, 4.69) is 10.2 Å². The number of nitro benzene ring substituents is 1. The molecule has 0 saturated carbocycles. The van der Waals surface area contributed by atoms with Crippen LogP contribution in [0.2, 0.25) is 0 Å². The van der Waals surface area contributed by atoms with Crippen LogP contribution in [0.15, 0.2) is 29.4 Å². The molecule has 0 amide bonds. The van der Waals surface area contributed by atoms with Crippen molar-refractivity contribution in [2.45, 2.75) is 11.4 Å². The van der Waals surface area contributed by atoms with Crippen LogP contribution in [0, 0.1) is 21.7 Å². The number of rotatable bonds is 5. The number of nitro groups is 1. The van der Waals surface area contributed by atoms with Gasteiger partial charge in [0.05, 0.1) is 11.1 Å². The number of sulfonamides is 1. The minimum atomic E-state index is -4.38. The van der Waals surface area contributed by atoms with Crippen molar-refractivity contribution in [1.82, 2.24) is 14.9 Å². The second kappa shape index (κ2) is 5.54. The van der Waals surface area contributed by atoms with E-state index in [0.717, 1.165) is 0 Å². The first-order valence-electron chi connectivity index (χ1n) is 5.42. The lowest BCUT2D eigenvalue weighted by molar-refractivity contribution is -0.387. The molecule has 0 aliphatic carbocycles. The van der Waals surface area contributed by atoms with Gasteiger partial charge in [-0.3, -0.25) is 15.2 Å². The van der Waals surface area contributed by atoms with Crippen molar-refractivity contribution in [2.75, 3.05) is 0 Å². The number of aromatic nitrogens is 2. The van der Waals surface area contributed by atoms with E-state index in [1.807, 2.05) is 4.72 Å². The summed E-state index contributed by atoms with van der Waals surface area (Å²) in [5.41, 5.74) is -0.657. The summed E-state index contributed by atoms with van der Waals surface area (Å²) < 4.78 is 52.6. The largest absolute Gasteiger partial charge is 0.306 e. The highest BCUT2D eigenvalue weighted by Gasteiger charge is 2.26. The lowest BCUT2D eigenvalue weighted by Crippen LogP contribution is -2.24. The van der Waals surface area contributed by atoms with Crippen molar-refractivity contribution >= 4 is 15.7 Å². The highest BCUT2D eigenvalue weighted by molar-refractivity contribution is 7.89. The Kier molecular flexibility index (Phi) is 3.95. The smallest absolute Gasteiger partial charge is 0.285 e. The van der Waals surface area contributed by atoms with Crippen LogP contribution < -0.4 is 4.72 Å². The third-order valence-corrected chi connectivity index (χ3v) is 3.92. The molecule has 2 aromatic rings. The van der Waals surface area contributed by atoms with Crippen molar-refractivity contribution in [2.24, 2.45) is 0 Å². The average Bonchev–Trinajstić information content (AvgIpc) is 2.88. The Bertz CT molecular complexity index is 777. The topological polar surface area (TPSA) is 118 Å². The van der Waals surface area contributed by atoms with Crippen molar-refractivity contribution in [3.8, 4) is 0 Å². The minimum Gasteiger partial charge on any atom is -0.285 e. The van der Waals surface area contributed by atoms with E-state index in [1.165, 1.54) is 12.4 Å². The summed E-state index contributed by atoms with van der Waals surface area (Å²) in [4.78, 5) is 8.44. The molecule has 0 fully saturated rings. The van der Waals surface area contributed by atoms with Gasteiger partial charge in [-0.25, -0.2) is 17.5 Å². The Morgan fingerprint density at radius 3 is 2.62 bits per heavy atom. The monoisotopic (exact) mass is 318 g/mol. The molecule has 112 valence electrons. The first-order valence-corrected chi connectivity index (χ1v) is 6.90. The van der Waals surface area contributed by atoms with E-state index < -0.39 is 37.2 Å². The van der Waals surface area contributed by atoms with Gasteiger partial charge < -0.3 is 0 Å². The Hall–Kier alpha value is -2.40. The van der Waals surface area contributed by atoms with Crippen LogP contribution in [0.5, 0.6) is 0 Å². The van der Waals surface area contributed by atoms with Crippen molar-refractivity contribution in [1.29, 1.82) is 0 Å². The zero-order chi connectivity index (χ0) is 15.6. The number of benzene rings is 1. The Morgan fingerprint density at radius 2 is 2.05 bits per heavy atom. The van der Waals surface area contributed by atoms with Gasteiger partial charge in [0.25, 0.3) is 0 Å². The molecule has 2 rings (SSSR count). The molecule has 0 bridgehead atoms. The van der Waals surface area contributed by atoms with Crippen molar-refractivity contribution in [3.05, 3.63) is 51.8 Å². The van der Waals surface area contributed by atoms with Gasteiger partial charge in [-0.2, -0.15) is 9.49 Å². The molecular weight excluding hydrogens is 310 g/mol. The summed E-state index contributed by atoms with van der Waals surface area (Å²) in [7, 11) is -4.38. The lowest BCUT2D eigenvalue weighted by Gasteiger charge is -2.07. The fourth-order valence-corrected chi connectivity index (χ4v) is 2.59. The van der Waals surface area contributed by atoms with Gasteiger partial charge >= 0.3 is 5.69 Å². The Morgan fingerprint density at radius 1 is 1.33 bits per heavy atom. The van der Waals surface area contributed by atoms with Gasteiger partial charge in [0.15, 0.2) is 0 Å². The van der Waals surface area contributed by atoms with Crippen LogP contribution in [0.3, 0.4) is 0 Å². The second-order valence-electron chi connectivity index (χ2n) is 3.92. The first-order chi connectivity index (χ1) is 9.81. The molecule has 1 aromatic carbocycles. The molecule has 0 aliphatic rings. The highest BCUT2D eigenvalue weighted by atomic mass is 32.2. The van der Waals surface area contributed by atoms with E-state index in [4.69, 9.17) is 0 Å². The summed E-state index contributed by atoms with van der Waals surface area (Å²) in [6, 6.07) is 0.493. The van der Waals surface area contributed by atoms with Crippen LogP contribution >= 0.6 is 0 Å². The molecule has 11 heteroatoms. The molecule has 2 N–H and O–H groups in total. The number of H-pyrrole nitrogens is 1. The summed E-state index contributed by atoms with van der Waals surface area (Å²) >= 11 is 0. The number of hydrogen-bond donors (Lipinski definition) is 2. The maximum Gasteiger partial charge on any atom is 0.306 e. The first kappa shape index (κ1) is 15.0. The fourth-order valence-electron chi connectivity index (χ4n) is 1.49. The molecule has 8 nitrogen and oxygen atoms in total. The quantitative estimate of drug-likeness (QED) is 0.631. The van der Waals surface area contributed by atoms with Crippen molar-refractivity contribution in [3.63, 3.8) is 0 Å². The molecule has 1 heterocycles. The van der Waals surface area contributed by atoms with Gasteiger partial charge in [0, 0.05) is 30.4 Å². The number of nitrogens with one attached hydrogen (secondary N) is 2. The third kappa shape index (κ3) is 3.20. The van der Waals surface area contributed by atoms with Gasteiger partial charge in [-0.15, -0.1) is 0 Å². The van der Waals surface area contributed by atoms with E-state index in [9.17, 15) is 27.3 Å². The summed E-state index contributed by atoms with van der Waals surface area (Å²) in [5, 5.41) is 16.6. The second-order valence-corrected chi connectivity index (χ2v) is 5.66. The van der Waals surface area contributed by atoms with E-state index in [0.29, 0.717) is 11.6 Å². The highest BCUT2D eigenvalue weighted by Crippen LogP contribution is 2.24. The van der Waals surface area contributed by atoms with Crippen LogP contribution in [0.25, 0.3) is 0 Å². The molecule has 0 spiro atoms. The van der Waals surface area contributed by atoms with E-state index in [1.54, 1.807) is 0 Å². The molecule has 1 aromatic heterocycles. The number of hydrogen-bond acceptors (Lipinski definition) is 5. The maximum absolute atomic E-state index is 13.6.